The Labute approximate surface area is 119 Å². The standard InChI is InChI=1S/C13H13F3N2OS/c14-7-3-4-8(10(16)9(7)15)18-12(19)13(11(17)20)5-1-2-6-13/h3-4H,1-2,5-6H2,(H2,17,20)(H,18,19). The van der Waals surface area contributed by atoms with Crippen molar-refractivity contribution in [1.82, 2.24) is 0 Å². The first kappa shape index (κ1) is 14.8. The summed E-state index contributed by atoms with van der Waals surface area (Å²) < 4.78 is 39.5. The number of carbonyl (C=O) groups excluding carboxylic acids is 1. The van der Waals surface area contributed by atoms with E-state index in [1.54, 1.807) is 0 Å². The summed E-state index contributed by atoms with van der Waals surface area (Å²) in [5, 5.41) is 2.25. The molecule has 1 aliphatic rings. The molecule has 1 aliphatic carbocycles. The number of thiocarbonyl (C=S) groups is 1. The molecule has 0 spiro atoms. The molecule has 3 N–H and O–H groups in total. The molecule has 0 unspecified atom stereocenters. The van der Waals surface area contributed by atoms with Crippen LogP contribution in [-0.4, -0.2) is 10.9 Å². The lowest BCUT2D eigenvalue weighted by molar-refractivity contribution is -0.122. The molecule has 1 aromatic carbocycles. The van der Waals surface area contributed by atoms with E-state index in [-0.39, 0.29) is 4.99 Å². The van der Waals surface area contributed by atoms with Crippen molar-refractivity contribution in [2.75, 3.05) is 5.32 Å². The van der Waals surface area contributed by atoms with Crippen LogP contribution < -0.4 is 11.1 Å². The third kappa shape index (κ3) is 2.37. The number of amides is 1. The highest BCUT2D eigenvalue weighted by molar-refractivity contribution is 7.80. The van der Waals surface area contributed by atoms with Crippen molar-refractivity contribution < 1.29 is 18.0 Å². The van der Waals surface area contributed by atoms with Gasteiger partial charge < -0.3 is 11.1 Å². The zero-order chi connectivity index (χ0) is 14.9. The molecule has 1 aromatic rings. The molecular formula is C13H13F3N2OS. The Morgan fingerprint density at radius 2 is 1.80 bits per heavy atom. The molecule has 0 aliphatic heterocycles. The Balaban J connectivity index is 2.28. The Morgan fingerprint density at radius 1 is 1.20 bits per heavy atom. The van der Waals surface area contributed by atoms with Gasteiger partial charge in [0.2, 0.25) is 5.91 Å². The second-order valence-electron chi connectivity index (χ2n) is 4.83. The fraction of sp³-hybridized carbons (Fsp3) is 0.385. The number of benzene rings is 1. The minimum Gasteiger partial charge on any atom is -0.392 e. The van der Waals surface area contributed by atoms with E-state index in [0.29, 0.717) is 12.8 Å². The summed E-state index contributed by atoms with van der Waals surface area (Å²) in [4.78, 5) is 12.3. The summed E-state index contributed by atoms with van der Waals surface area (Å²) in [6, 6.07) is 1.71. The second kappa shape index (κ2) is 5.40. The minimum atomic E-state index is -1.63. The molecule has 0 atom stereocenters. The van der Waals surface area contributed by atoms with Crippen LogP contribution in [0.25, 0.3) is 0 Å². The Morgan fingerprint density at radius 3 is 2.35 bits per heavy atom. The van der Waals surface area contributed by atoms with Crippen molar-refractivity contribution in [3.05, 3.63) is 29.6 Å². The van der Waals surface area contributed by atoms with E-state index in [1.807, 2.05) is 0 Å². The van der Waals surface area contributed by atoms with Crippen LogP contribution >= 0.6 is 12.2 Å². The summed E-state index contributed by atoms with van der Waals surface area (Å²) in [6.07, 6.45) is 2.51. The average molecular weight is 302 g/mol. The summed E-state index contributed by atoms with van der Waals surface area (Å²) in [6.45, 7) is 0. The number of hydrogen-bond donors (Lipinski definition) is 2. The minimum absolute atomic E-state index is 0.0375. The number of hydrogen-bond acceptors (Lipinski definition) is 2. The zero-order valence-electron chi connectivity index (χ0n) is 10.5. The molecule has 3 nitrogen and oxygen atoms in total. The highest BCUT2D eigenvalue weighted by Gasteiger charge is 2.44. The third-order valence-corrected chi connectivity index (χ3v) is 4.04. The molecule has 2 rings (SSSR count). The molecule has 0 bridgehead atoms. The predicted molar refractivity (Wildman–Crippen MR) is 72.6 cm³/mol. The van der Waals surface area contributed by atoms with Gasteiger partial charge >= 0.3 is 0 Å². The number of nitrogens with two attached hydrogens (primary N) is 1. The summed E-state index contributed by atoms with van der Waals surface area (Å²) in [5.41, 5.74) is 4.17. The van der Waals surface area contributed by atoms with Crippen LogP contribution in [0.1, 0.15) is 25.7 Å². The lowest BCUT2D eigenvalue weighted by atomic mass is 9.85. The quantitative estimate of drug-likeness (QED) is 0.667. The van der Waals surface area contributed by atoms with Gasteiger partial charge in [0, 0.05) is 0 Å². The van der Waals surface area contributed by atoms with E-state index in [0.717, 1.165) is 25.0 Å². The van der Waals surface area contributed by atoms with Crippen LogP contribution in [0.3, 0.4) is 0 Å². The average Bonchev–Trinajstić information content (AvgIpc) is 2.90. The van der Waals surface area contributed by atoms with E-state index in [9.17, 15) is 18.0 Å². The topological polar surface area (TPSA) is 55.1 Å². The van der Waals surface area contributed by atoms with Gasteiger partial charge in [-0.1, -0.05) is 25.1 Å². The molecule has 0 aromatic heterocycles. The largest absolute Gasteiger partial charge is 0.392 e. The molecular weight excluding hydrogens is 289 g/mol. The van der Waals surface area contributed by atoms with Crippen LogP contribution in [-0.2, 0) is 4.79 Å². The SMILES string of the molecule is NC(=S)C1(C(=O)Nc2ccc(F)c(F)c2F)CCCC1. The van der Waals surface area contributed by atoms with Crippen molar-refractivity contribution in [2.45, 2.75) is 25.7 Å². The lowest BCUT2D eigenvalue weighted by Gasteiger charge is -2.26. The first-order valence-electron chi connectivity index (χ1n) is 6.13. The van der Waals surface area contributed by atoms with Crippen LogP contribution in [0, 0.1) is 22.9 Å². The molecule has 1 saturated carbocycles. The van der Waals surface area contributed by atoms with Crippen molar-refractivity contribution in [2.24, 2.45) is 11.1 Å². The van der Waals surface area contributed by atoms with Gasteiger partial charge in [-0.05, 0) is 25.0 Å². The Kier molecular flexibility index (Phi) is 3.99. The van der Waals surface area contributed by atoms with Crippen molar-refractivity contribution >= 4 is 28.8 Å². The van der Waals surface area contributed by atoms with E-state index < -0.39 is 34.5 Å². The van der Waals surface area contributed by atoms with Gasteiger partial charge in [-0.3, -0.25) is 4.79 Å². The number of rotatable bonds is 3. The van der Waals surface area contributed by atoms with Crippen LogP contribution in [0.15, 0.2) is 12.1 Å². The van der Waals surface area contributed by atoms with Crippen LogP contribution in [0.4, 0.5) is 18.9 Å². The van der Waals surface area contributed by atoms with Gasteiger partial charge in [-0.25, -0.2) is 13.2 Å². The summed E-state index contributed by atoms with van der Waals surface area (Å²) in [5.74, 6) is -4.95. The lowest BCUT2D eigenvalue weighted by Crippen LogP contribution is -2.44. The van der Waals surface area contributed by atoms with Crippen LogP contribution in [0.2, 0.25) is 0 Å². The number of nitrogens with one attached hydrogen (secondary N) is 1. The monoisotopic (exact) mass is 302 g/mol. The molecule has 0 saturated heterocycles. The van der Waals surface area contributed by atoms with Gasteiger partial charge in [0.25, 0.3) is 0 Å². The van der Waals surface area contributed by atoms with Gasteiger partial charge in [0.15, 0.2) is 17.5 Å². The van der Waals surface area contributed by atoms with E-state index in [2.05, 4.69) is 5.32 Å². The fourth-order valence-electron chi connectivity index (χ4n) is 2.43. The molecule has 0 radical (unpaired) electrons. The van der Waals surface area contributed by atoms with E-state index in [1.165, 1.54) is 0 Å². The van der Waals surface area contributed by atoms with Crippen LogP contribution in [0.5, 0.6) is 0 Å². The molecule has 7 heteroatoms. The predicted octanol–water partition coefficient (Wildman–Crippen LogP) is 2.89. The van der Waals surface area contributed by atoms with Gasteiger partial charge in [0.1, 0.15) is 0 Å². The van der Waals surface area contributed by atoms with Gasteiger partial charge in [-0.2, -0.15) is 0 Å². The smallest absolute Gasteiger partial charge is 0.237 e. The first-order valence-corrected chi connectivity index (χ1v) is 6.54. The third-order valence-electron chi connectivity index (χ3n) is 3.65. The van der Waals surface area contributed by atoms with Gasteiger partial charge in [-0.15, -0.1) is 0 Å². The fourth-order valence-corrected chi connectivity index (χ4v) is 2.73. The molecule has 1 amide bonds. The Hall–Kier alpha value is -1.63. The van der Waals surface area contributed by atoms with Crippen molar-refractivity contribution in [1.29, 1.82) is 0 Å². The van der Waals surface area contributed by atoms with Gasteiger partial charge in [0.05, 0.1) is 16.1 Å². The maximum absolute atomic E-state index is 13.5. The number of anilines is 1. The Bertz CT molecular complexity index is 571. The van der Waals surface area contributed by atoms with E-state index >= 15 is 0 Å². The highest BCUT2D eigenvalue weighted by Crippen LogP contribution is 2.39. The number of carbonyl (C=O) groups is 1. The maximum atomic E-state index is 13.5. The normalized spacial score (nSPS) is 16.9. The maximum Gasteiger partial charge on any atom is 0.237 e. The van der Waals surface area contributed by atoms with Crippen molar-refractivity contribution in [3.8, 4) is 0 Å². The zero-order valence-corrected chi connectivity index (χ0v) is 11.3. The molecule has 0 heterocycles. The summed E-state index contributed by atoms with van der Waals surface area (Å²) in [7, 11) is 0. The first-order chi connectivity index (χ1) is 9.38. The molecule has 20 heavy (non-hydrogen) atoms. The number of halogens is 3. The summed E-state index contributed by atoms with van der Waals surface area (Å²) >= 11 is 4.93. The van der Waals surface area contributed by atoms with Crippen molar-refractivity contribution in [3.63, 3.8) is 0 Å². The second-order valence-corrected chi connectivity index (χ2v) is 5.27. The van der Waals surface area contributed by atoms with E-state index in [4.69, 9.17) is 18.0 Å². The molecule has 1 fully saturated rings. The highest BCUT2D eigenvalue weighted by atomic mass is 32.1. The molecule has 108 valence electrons.